The molecule has 1 unspecified atom stereocenters. The first kappa shape index (κ1) is 15.6. The molecule has 0 saturated heterocycles. The van der Waals surface area contributed by atoms with Crippen molar-refractivity contribution in [3.05, 3.63) is 41.7 Å². The van der Waals surface area contributed by atoms with E-state index in [0.29, 0.717) is 0 Å². The molecule has 0 bridgehead atoms. The SMILES string of the molecule is COP(=O)(/C=C/CCCc1ccc(P)cc1)OC. The Morgan fingerprint density at radius 1 is 1.22 bits per heavy atom. The standard InChI is InChI=1S/C13H20O3P2/c1-15-18(14,16-2)11-5-3-4-6-12-7-9-13(17)10-8-12/h5,7-11H,3-4,6,17H2,1-2H3/b11-5+. The highest BCUT2D eigenvalue weighted by molar-refractivity contribution is 7.57. The minimum Gasteiger partial charge on any atom is -0.309 e. The number of benzene rings is 1. The highest BCUT2D eigenvalue weighted by Gasteiger charge is 2.14. The topological polar surface area (TPSA) is 35.5 Å². The van der Waals surface area contributed by atoms with E-state index >= 15 is 0 Å². The van der Waals surface area contributed by atoms with Crippen molar-refractivity contribution in [2.24, 2.45) is 0 Å². The zero-order valence-electron chi connectivity index (χ0n) is 10.8. The highest BCUT2D eigenvalue weighted by Crippen LogP contribution is 2.47. The van der Waals surface area contributed by atoms with Gasteiger partial charge in [-0.15, -0.1) is 9.24 Å². The minimum atomic E-state index is -2.98. The van der Waals surface area contributed by atoms with Crippen LogP contribution in [0.5, 0.6) is 0 Å². The first-order valence-corrected chi connectivity index (χ1v) is 8.02. The maximum Gasteiger partial charge on any atom is 0.353 e. The summed E-state index contributed by atoms with van der Waals surface area (Å²) in [5.41, 5.74) is 1.32. The van der Waals surface area contributed by atoms with Gasteiger partial charge in [0.05, 0.1) is 0 Å². The Morgan fingerprint density at radius 3 is 2.39 bits per heavy atom. The average Bonchev–Trinajstić information content (AvgIpc) is 2.40. The van der Waals surface area contributed by atoms with Crippen LogP contribution in [-0.2, 0) is 20.0 Å². The third-order valence-corrected chi connectivity index (χ3v) is 4.59. The Hall–Kier alpha value is -0.460. The van der Waals surface area contributed by atoms with Crippen LogP contribution >= 0.6 is 16.8 Å². The molecule has 0 amide bonds. The van der Waals surface area contributed by atoms with Crippen molar-refractivity contribution >= 4 is 22.1 Å². The maximum atomic E-state index is 11.7. The lowest BCUT2D eigenvalue weighted by Gasteiger charge is -2.07. The van der Waals surface area contributed by atoms with E-state index in [1.54, 1.807) is 0 Å². The molecule has 0 aliphatic heterocycles. The molecule has 1 aromatic carbocycles. The van der Waals surface area contributed by atoms with Gasteiger partial charge in [-0.05, 0) is 30.1 Å². The number of aryl methyl sites for hydroxylation is 1. The van der Waals surface area contributed by atoms with Gasteiger partial charge in [0.25, 0.3) is 0 Å². The molecule has 1 aromatic rings. The molecule has 0 spiro atoms. The third kappa shape index (κ3) is 5.46. The van der Waals surface area contributed by atoms with Gasteiger partial charge >= 0.3 is 7.60 Å². The quantitative estimate of drug-likeness (QED) is 0.568. The van der Waals surface area contributed by atoms with E-state index in [1.165, 1.54) is 30.9 Å². The van der Waals surface area contributed by atoms with E-state index in [9.17, 15) is 4.57 Å². The highest BCUT2D eigenvalue weighted by atomic mass is 31.2. The van der Waals surface area contributed by atoms with E-state index in [0.717, 1.165) is 19.3 Å². The Kier molecular flexibility index (Phi) is 6.81. The van der Waals surface area contributed by atoms with Gasteiger partial charge in [-0.25, -0.2) is 0 Å². The molecule has 0 N–H and O–H groups in total. The lowest BCUT2D eigenvalue weighted by atomic mass is 10.1. The second kappa shape index (κ2) is 7.86. The molecule has 1 rings (SSSR count). The molecule has 0 fully saturated rings. The zero-order chi connectivity index (χ0) is 13.4. The molecule has 0 aromatic heterocycles. The summed E-state index contributed by atoms with van der Waals surface area (Å²) < 4.78 is 21.3. The molecule has 100 valence electrons. The fraction of sp³-hybridized carbons (Fsp3) is 0.385. The predicted molar refractivity (Wildman–Crippen MR) is 79.5 cm³/mol. The van der Waals surface area contributed by atoms with Crippen molar-refractivity contribution in [1.82, 2.24) is 0 Å². The summed E-state index contributed by atoms with van der Waals surface area (Å²) in [4.78, 5) is 0. The molecule has 0 saturated carbocycles. The molecule has 0 heterocycles. The van der Waals surface area contributed by atoms with Crippen LogP contribution in [0.15, 0.2) is 36.2 Å². The summed E-state index contributed by atoms with van der Waals surface area (Å²) in [7, 11) is 2.46. The second-order valence-electron chi connectivity index (χ2n) is 3.92. The van der Waals surface area contributed by atoms with Gasteiger partial charge in [-0.2, -0.15) is 0 Å². The molecule has 0 aliphatic rings. The molecule has 0 aliphatic carbocycles. The summed E-state index contributed by atoms with van der Waals surface area (Å²) in [5.74, 6) is 1.53. The van der Waals surface area contributed by atoms with Crippen LogP contribution in [-0.4, -0.2) is 14.2 Å². The summed E-state index contributed by atoms with van der Waals surface area (Å²) in [6, 6.07) is 8.42. The van der Waals surface area contributed by atoms with Gasteiger partial charge in [-0.3, -0.25) is 4.57 Å². The lowest BCUT2D eigenvalue weighted by Crippen LogP contribution is -1.91. The smallest absolute Gasteiger partial charge is 0.309 e. The Labute approximate surface area is 111 Å². The first-order valence-electron chi connectivity index (χ1n) is 5.83. The number of allylic oxidation sites excluding steroid dienone is 1. The van der Waals surface area contributed by atoms with Gasteiger partial charge in [-0.1, -0.05) is 30.3 Å². The van der Waals surface area contributed by atoms with Gasteiger partial charge < -0.3 is 9.05 Å². The monoisotopic (exact) mass is 286 g/mol. The summed E-state index contributed by atoms with van der Waals surface area (Å²) in [5, 5.41) is 1.19. The summed E-state index contributed by atoms with van der Waals surface area (Å²) in [6.07, 6.45) is 4.75. The van der Waals surface area contributed by atoms with Crippen molar-refractivity contribution in [1.29, 1.82) is 0 Å². The summed E-state index contributed by atoms with van der Waals surface area (Å²) in [6.45, 7) is 0. The van der Waals surface area contributed by atoms with E-state index < -0.39 is 7.60 Å². The predicted octanol–water partition coefficient (Wildman–Crippen LogP) is 3.51. The van der Waals surface area contributed by atoms with Crippen LogP contribution in [0, 0.1) is 0 Å². The Bertz CT molecular complexity index is 418. The largest absolute Gasteiger partial charge is 0.353 e. The van der Waals surface area contributed by atoms with Crippen molar-refractivity contribution in [2.45, 2.75) is 19.3 Å². The van der Waals surface area contributed by atoms with E-state index in [-0.39, 0.29) is 0 Å². The number of hydrogen-bond acceptors (Lipinski definition) is 3. The molecule has 0 radical (unpaired) electrons. The van der Waals surface area contributed by atoms with E-state index in [4.69, 9.17) is 9.05 Å². The summed E-state index contributed by atoms with van der Waals surface area (Å²) >= 11 is 0. The van der Waals surface area contributed by atoms with Gasteiger partial charge in [0, 0.05) is 20.0 Å². The number of hydrogen-bond donors (Lipinski definition) is 0. The van der Waals surface area contributed by atoms with Gasteiger partial charge in [0.1, 0.15) is 0 Å². The van der Waals surface area contributed by atoms with Crippen molar-refractivity contribution in [3.8, 4) is 0 Å². The lowest BCUT2D eigenvalue weighted by molar-refractivity contribution is 0.286. The third-order valence-electron chi connectivity index (χ3n) is 2.61. The second-order valence-corrected chi connectivity index (χ2v) is 6.70. The first-order chi connectivity index (χ1) is 8.59. The molecule has 18 heavy (non-hydrogen) atoms. The Balaban J connectivity index is 2.33. The minimum absolute atomic E-state index is 0.860. The van der Waals surface area contributed by atoms with Crippen LogP contribution in [0.4, 0.5) is 0 Å². The van der Waals surface area contributed by atoms with E-state index in [2.05, 4.69) is 33.5 Å². The molecular weight excluding hydrogens is 266 g/mol. The molecule has 1 atom stereocenters. The fourth-order valence-electron chi connectivity index (χ4n) is 1.51. The van der Waals surface area contributed by atoms with Crippen molar-refractivity contribution in [3.63, 3.8) is 0 Å². The molecule has 3 nitrogen and oxygen atoms in total. The maximum absolute atomic E-state index is 11.7. The van der Waals surface area contributed by atoms with Crippen molar-refractivity contribution in [2.75, 3.05) is 14.2 Å². The van der Waals surface area contributed by atoms with Gasteiger partial charge in [0.15, 0.2) is 0 Å². The normalized spacial score (nSPS) is 12.2. The molecular formula is C13H20O3P2. The van der Waals surface area contributed by atoms with Crippen molar-refractivity contribution < 1.29 is 13.6 Å². The average molecular weight is 286 g/mol. The molecule has 5 heteroatoms. The van der Waals surface area contributed by atoms with Crippen LogP contribution in [0.2, 0.25) is 0 Å². The number of rotatable bonds is 7. The van der Waals surface area contributed by atoms with Crippen LogP contribution in [0.25, 0.3) is 0 Å². The zero-order valence-corrected chi connectivity index (χ0v) is 12.9. The van der Waals surface area contributed by atoms with Gasteiger partial charge in [0.2, 0.25) is 0 Å². The Morgan fingerprint density at radius 2 is 1.83 bits per heavy atom. The van der Waals surface area contributed by atoms with Crippen LogP contribution < -0.4 is 5.30 Å². The van der Waals surface area contributed by atoms with Crippen LogP contribution in [0.1, 0.15) is 18.4 Å². The number of unbranched alkanes of at least 4 members (excludes halogenated alkanes) is 1. The van der Waals surface area contributed by atoms with Crippen LogP contribution in [0.3, 0.4) is 0 Å². The fourth-order valence-corrected chi connectivity index (χ4v) is 2.50. The van der Waals surface area contributed by atoms with E-state index in [1.807, 2.05) is 6.08 Å².